The SMILES string of the molecule is COC1=C(OCc2nc3ccc(C(F)(F)F)cc3[nH]2)CC(F)C(Cc2c[nH]c3ncc(Cl)cc23)=C1. The van der Waals surface area contributed by atoms with Crippen molar-refractivity contribution in [3.8, 4) is 0 Å². The van der Waals surface area contributed by atoms with Gasteiger partial charge in [-0.05, 0) is 47.9 Å². The average Bonchev–Trinajstić information content (AvgIpc) is 3.41. The molecular formula is C24H19ClF4N4O2. The van der Waals surface area contributed by atoms with E-state index in [9.17, 15) is 13.2 Å². The van der Waals surface area contributed by atoms with Gasteiger partial charge in [-0.2, -0.15) is 13.2 Å². The second-order valence-electron chi connectivity index (χ2n) is 8.12. The number of fused-ring (bicyclic) bond motifs is 2. The number of aromatic amines is 2. The minimum Gasteiger partial charge on any atom is -0.493 e. The Labute approximate surface area is 201 Å². The third-order valence-corrected chi connectivity index (χ3v) is 6.00. The first-order chi connectivity index (χ1) is 16.7. The molecule has 3 aromatic heterocycles. The number of hydrogen-bond donors (Lipinski definition) is 2. The smallest absolute Gasteiger partial charge is 0.416 e. The highest BCUT2D eigenvalue weighted by molar-refractivity contribution is 6.31. The quantitative estimate of drug-likeness (QED) is 0.297. The second-order valence-corrected chi connectivity index (χ2v) is 8.56. The molecule has 3 heterocycles. The molecule has 5 rings (SSSR count). The molecule has 6 nitrogen and oxygen atoms in total. The van der Waals surface area contributed by atoms with Crippen molar-refractivity contribution in [3.63, 3.8) is 0 Å². The van der Waals surface area contributed by atoms with Crippen molar-refractivity contribution in [2.24, 2.45) is 0 Å². The molecular weight excluding hydrogens is 488 g/mol. The Kier molecular flexibility index (Phi) is 5.92. The van der Waals surface area contributed by atoms with Gasteiger partial charge in [0, 0.05) is 24.2 Å². The van der Waals surface area contributed by atoms with Gasteiger partial charge in [-0.25, -0.2) is 14.4 Å². The normalized spacial score (nSPS) is 16.7. The number of alkyl halides is 4. The fraction of sp³-hybridized carbons (Fsp3) is 0.250. The molecule has 182 valence electrons. The number of H-pyrrole nitrogens is 2. The number of nitrogens with one attached hydrogen (secondary N) is 2. The number of halogens is 5. The van der Waals surface area contributed by atoms with Crippen LogP contribution >= 0.6 is 11.6 Å². The van der Waals surface area contributed by atoms with Gasteiger partial charge in [-0.3, -0.25) is 0 Å². The molecule has 0 aliphatic heterocycles. The number of methoxy groups -OCH3 is 1. The van der Waals surface area contributed by atoms with Crippen LogP contribution in [-0.2, 0) is 28.7 Å². The van der Waals surface area contributed by atoms with Crippen LogP contribution in [0, 0.1) is 0 Å². The molecule has 0 saturated heterocycles. The monoisotopic (exact) mass is 506 g/mol. The molecule has 1 atom stereocenters. The zero-order valence-corrected chi connectivity index (χ0v) is 19.1. The minimum absolute atomic E-state index is 0.0468. The highest BCUT2D eigenvalue weighted by Crippen LogP contribution is 2.33. The number of aromatic nitrogens is 4. The Morgan fingerprint density at radius 3 is 2.83 bits per heavy atom. The predicted octanol–water partition coefficient (Wildman–Crippen LogP) is 6.40. The van der Waals surface area contributed by atoms with Crippen molar-refractivity contribution in [1.29, 1.82) is 0 Å². The molecule has 0 fully saturated rings. The lowest BCUT2D eigenvalue weighted by atomic mass is 9.94. The van der Waals surface area contributed by atoms with Crippen LogP contribution in [0.5, 0.6) is 0 Å². The fourth-order valence-corrected chi connectivity index (χ4v) is 4.22. The number of rotatable bonds is 6. The van der Waals surface area contributed by atoms with Crippen LogP contribution < -0.4 is 0 Å². The van der Waals surface area contributed by atoms with Crippen molar-refractivity contribution >= 4 is 33.7 Å². The standard InChI is InChI=1S/C24H19ClF4N4O2/c1-34-20-5-12(4-13-9-30-23-16(13)7-15(25)10-31-23)17(26)8-21(20)35-11-22-32-18-3-2-14(24(27,28)29)6-19(18)33-22/h2-3,5-7,9-10,17H,4,8,11H2,1H3,(H,30,31)(H,32,33). The van der Waals surface area contributed by atoms with E-state index in [2.05, 4.69) is 19.9 Å². The summed E-state index contributed by atoms with van der Waals surface area (Å²) in [7, 11) is 1.46. The number of nitrogens with zero attached hydrogens (tertiary/aromatic N) is 2. The topological polar surface area (TPSA) is 75.8 Å². The van der Waals surface area contributed by atoms with Gasteiger partial charge in [-0.15, -0.1) is 0 Å². The highest BCUT2D eigenvalue weighted by Gasteiger charge is 2.31. The lowest BCUT2D eigenvalue weighted by Crippen LogP contribution is -2.17. The summed E-state index contributed by atoms with van der Waals surface area (Å²) in [6.45, 7) is -0.0826. The number of imidazole rings is 1. The molecule has 0 spiro atoms. The summed E-state index contributed by atoms with van der Waals surface area (Å²) in [6.07, 6.45) is -0.570. The van der Waals surface area contributed by atoms with E-state index in [1.54, 1.807) is 18.3 Å². The first-order valence-corrected chi connectivity index (χ1v) is 11.0. The van der Waals surface area contributed by atoms with E-state index in [4.69, 9.17) is 21.1 Å². The Morgan fingerprint density at radius 1 is 1.23 bits per heavy atom. The molecule has 35 heavy (non-hydrogen) atoms. The summed E-state index contributed by atoms with van der Waals surface area (Å²) < 4.78 is 65.1. The minimum atomic E-state index is -4.45. The number of allylic oxidation sites excluding steroid dienone is 3. The maximum Gasteiger partial charge on any atom is 0.416 e. The maximum absolute atomic E-state index is 15.1. The van der Waals surface area contributed by atoms with Crippen LogP contribution in [0.25, 0.3) is 22.1 Å². The summed E-state index contributed by atoms with van der Waals surface area (Å²) in [5.74, 6) is 0.986. The van der Waals surface area contributed by atoms with E-state index < -0.39 is 17.9 Å². The van der Waals surface area contributed by atoms with Gasteiger partial charge in [-0.1, -0.05) is 11.6 Å². The Hall–Kier alpha value is -3.53. The molecule has 0 saturated carbocycles. The zero-order chi connectivity index (χ0) is 24.7. The molecule has 2 N–H and O–H groups in total. The third kappa shape index (κ3) is 4.70. The summed E-state index contributed by atoms with van der Waals surface area (Å²) in [4.78, 5) is 14.4. The molecule has 0 bridgehead atoms. The van der Waals surface area contributed by atoms with E-state index in [0.717, 1.165) is 23.1 Å². The van der Waals surface area contributed by atoms with Crippen molar-refractivity contribution in [2.45, 2.75) is 31.8 Å². The maximum atomic E-state index is 15.1. The zero-order valence-electron chi connectivity index (χ0n) is 18.3. The molecule has 1 aliphatic carbocycles. The van der Waals surface area contributed by atoms with Gasteiger partial charge in [0.15, 0.2) is 5.76 Å². The Balaban J connectivity index is 1.35. The van der Waals surface area contributed by atoms with Gasteiger partial charge in [0.25, 0.3) is 0 Å². The van der Waals surface area contributed by atoms with Crippen LogP contribution in [0.1, 0.15) is 23.4 Å². The number of pyridine rings is 1. The van der Waals surface area contributed by atoms with Gasteiger partial charge in [0.1, 0.15) is 30.0 Å². The van der Waals surface area contributed by atoms with Crippen molar-refractivity contribution in [1.82, 2.24) is 19.9 Å². The average molecular weight is 507 g/mol. The van der Waals surface area contributed by atoms with E-state index in [0.29, 0.717) is 45.5 Å². The molecule has 11 heteroatoms. The van der Waals surface area contributed by atoms with Gasteiger partial charge in [0.2, 0.25) is 0 Å². The van der Waals surface area contributed by atoms with Crippen LogP contribution in [0.15, 0.2) is 59.8 Å². The first-order valence-electron chi connectivity index (χ1n) is 10.6. The summed E-state index contributed by atoms with van der Waals surface area (Å²) in [5, 5.41) is 1.30. The van der Waals surface area contributed by atoms with E-state index in [1.807, 2.05) is 0 Å². The molecule has 1 unspecified atom stereocenters. The van der Waals surface area contributed by atoms with Crippen LogP contribution in [0.4, 0.5) is 17.6 Å². The lowest BCUT2D eigenvalue weighted by molar-refractivity contribution is -0.137. The van der Waals surface area contributed by atoms with Gasteiger partial charge in [0.05, 0.1) is 28.7 Å². The van der Waals surface area contributed by atoms with Crippen molar-refractivity contribution in [3.05, 3.63) is 81.8 Å². The molecule has 1 aliphatic rings. The molecule has 0 amide bonds. The van der Waals surface area contributed by atoms with E-state index in [-0.39, 0.29) is 18.5 Å². The van der Waals surface area contributed by atoms with Crippen LogP contribution in [0.2, 0.25) is 5.02 Å². The number of hydrogen-bond acceptors (Lipinski definition) is 4. The van der Waals surface area contributed by atoms with Crippen LogP contribution in [0.3, 0.4) is 0 Å². The summed E-state index contributed by atoms with van der Waals surface area (Å²) in [5.41, 5.74) is 1.87. The Morgan fingerprint density at radius 2 is 2.06 bits per heavy atom. The first kappa shape index (κ1) is 23.2. The number of ether oxygens (including phenoxy) is 2. The van der Waals surface area contributed by atoms with Gasteiger partial charge < -0.3 is 19.4 Å². The fourth-order valence-electron chi connectivity index (χ4n) is 4.06. The van der Waals surface area contributed by atoms with E-state index in [1.165, 1.54) is 19.4 Å². The summed E-state index contributed by atoms with van der Waals surface area (Å²) >= 11 is 6.06. The lowest BCUT2D eigenvalue weighted by Gasteiger charge is -2.22. The number of benzene rings is 1. The predicted molar refractivity (Wildman–Crippen MR) is 122 cm³/mol. The Bertz CT molecular complexity index is 1470. The van der Waals surface area contributed by atoms with Crippen molar-refractivity contribution < 1.29 is 27.0 Å². The second kappa shape index (κ2) is 8.92. The van der Waals surface area contributed by atoms with E-state index >= 15 is 4.39 Å². The third-order valence-electron chi connectivity index (χ3n) is 5.80. The molecule has 1 aromatic carbocycles. The molecule has 4 aromatic rings. The largest absolute Gasteiger partial charge is 0.493 e. The van der Waals surface area contributed by atoms with Crippen LogP contribution in [-0.4, -0.2) is 33.2 Å². The highest BCUT2D eigenvalue weighted by atomic mass is 35.5. The molecule has 0 radical (unpaired) electrons. The summed E-state index contributed by atoms with van der Waals surface area (Å²) in [6, 6.07) is 5.03. The van der Waals surface area contributed by atoms with Crippen molar-refractivity contribution in [2.75, 3.05) is 7.11 Å². The van der Waals surface area contributed by atoms with Gasteiger partial charge >= 0.3 is 6.18 Å².